The molecule has 1 rings (SSSR count). The molecule has 0 heterocycles. The standard InChI is InChI=1S/C12H16O4/c1-9(2)11(13)15-8-16-12(14)10-6-4-3-5-7-10/h4,6-7,9H,3,5,8H2,1-2H3. The van der Waals surface area contributed by atoms with Gasteiger partial charge in [-0.15, -0.1) is 0 Å². The summed E-state index contributed by atoms with van der Waals surface area (Å²) in [5.41, 5.74) is 0.520. The van der Waals surface area contributed by atoms with E-state index in [1.54, 1.807) is 19.9 Å². The number of allylic oxidation sites excluding steroid dienone is 2. The largest absolute Gasteiger partial charge is 0.428 e. The van der Waals surface area contributed by atoms with Crippen molar-refractivity contribution in [3.8, 4) is 0 Å². The van der Waals surface area contributed by atoms with Crippen LogP contribution in [0.2, 0.25) is 0 Å². The smallest absolute Gasteiger partial charge is 0.340 e. The van der Waals surface area contributed by atoms with Gasteiger partial charge in [0.05, 0.1) is 11.5 Å². The number of rotatable bonds is 4. The van der Waals surface area contributed by atoms with Crippen LogP contribution in [0.25, 0.3) is 0 Å². The van der Waals surface area contributed by atoms with Crippen molar-refractivity contribution in [2.24, 2.45) is 5.92 Å². The molecule has 16 heavy (non-hydrogen) atoms. The Kier molecular flexibility index (Phi) is 4.76. The quantitative estimate of drug-likeness (QED) is 0.541. The minimum atomic E-state index is -0.451. The van der Waals surface area contributed by atoms with Crippen molar-refractivity contribution < 1.29 is 19.1 Å². The fraction of sp³-hybridized carbons (Fsp3) is 0.500. The van der Waals surface area contributed by atoms with E-state index in [1.807, 2.05) is 12.2 Å². The van der Waals surface area contributed by atoms with Gasteiger partial charge in [0.25, 0.3) is 0 Å². The van der Waals surface area contributed by atoms with E-state index < -0.39 is 5.97 Å². The monoisotopic (exact) mass is 224 g/mol. The van der Waals surface area contributed by atoms with Gasteiger partial charge in [-0.3, -0.25) is 4.79 Å². The topological polar surface area (TPSA) is 52.6 Å². The first-order valence-electron chi connectivity index (χ1n) is 5.31. The summed E-state index contributed by atoms with van der Waals surface area (Å²) in [5.74, 6) is -1.04. The molecule has 0 atom stereocenters. The minimum Gasteiger partial charge on any atom is -0.428 e. The lowest BCUT2D eigenvalue weighted by Crippen LogP contribution is -2.17. The summed E-state index contributed by atoms with van der Waals surface area (Å²) in [6.45, 7) is 3.12. The summed E-state index contributed by atoms with van der Waals surface area (Å²) in [4.78, 5) is 22.5. The summed E-state index contributed by atoms with van der Waals surface area (Å²) in [5, 5.41) is 0. The van der Waals surface area contributed by atoms with Crippen LogP contribution in [0, 0.1) is 5.92 Å². The third kappa shape index (κ3) is 3.88. The first kappa shape index (κ1) is 12.5. The fourth-order valence-electron chi connectivity index (χ4n) is 1.16. The molecule has 0 fully saturated rings. The second-order valence-corrected chi connectivity index (χ2v) is 3.81. The molecule has 0 saturated heterocycles. The Labute approximate surface area is 94.9 Å². The van der Waals surface area contributed by atoms with Crippen molar-refractivity contribution in [3.63, 3.8) is 0 Å². The summed E-state index contributed by atoms with van der Waals surface area (Å²) in [6, 6.07) is 0. The Morgan fingerprint density at radius 2 is 2.06 bits per heavy atom. The van der Waals surface area contributed by atoms with E-state index >= 15 is 0 Å². The van der Waals surface area contributed by atoms with E-state index in [-0.39, 0.29) is 18.7 Å². The van der Waals surface area contributed by atoms with Crippen LogP contribution >= 0.6 is 0 Å². The molecule has 0 saturated carbocycles. The second-order valence-electron chi connectivity index (χ2n) is 3.81. The van der Waals surface area contributed by atoms with E-state index in [2.05, 4.69) is 0 Å². The molecule has 1 aliphatic carbocycles. The first-order chi connectivity index (χ1) is 7.61. The molecule has 4 nitrogen and oxygen atoms in total. The zero-order chi connectivity index (χ0) is 12.0. The average molecular weight is 224 g/mol. The number of hydrogen-bond acceptors (Lipinski definition) is 4. The summed E-state index contributed by atoms with van der Waals surface area (Å²) < 4.78 is 9.53. The van der Waals surface area contributed by atoms with Crippen molar-refractivity contribution in [3.05, 3.63) is 23.8 Å². The summed E-state index contributed by atoms with van der Waals surface area (Å²) in [7, 11) is 0. The van der Waals surface area contributed by atoms with Gasteiger partial charge in [-0.25, -0.2) is 4.79 Å². The Bertz CT molecular complexity index is 326. The lowest BCUT2D eigenvalue weighted by Gasteiger charge is -2.09. The third-order valence-electron chi connectivity index (χ3n) is 2.09. The number of carbonyl (C=O) groups excluding carboxylic acids is 2. The van der Waals surface area contributed by atoms with Gasteiger partial charge in [-0.2, -0.15) is 0 Å². The number of carbonyl (C=O) groups is 2. The maximum Gasteiger partial charge on any atom is 0.340 e. The Morgan fingerprint density at radius 1 is 1.31 bits per heavy atom. The molecule has 1 aliphatic rings. The molecule has 0 aromatic carbocycles. The van der Waals surface area contributed by atoms with E-state index in [9.17, 15) is 9.59 Å². The van der Waals surface area contributed by atoms with Crippen molar-refractivity contribution in [2.45, 2.75) is 26.7 Å². The predicted molar refractivity (Wildman–Crippen MR) is 58.3 cm³/mol. The van der Waals surface area contributed by atoms with Gasteiger partial charge in [0.15, 0.2) is 0 Å². The number of esters is 2. The van der Waals surface area contributed by atoms with Gasteiger partial charge < -0.3 is 9.47 Å². The molecule has 0 bridgehead atoms. The van der Waals surface area contributed by atoms with Crippen LogP contribution < -0.4 is 0 Å². The predicted octanol–water partition coefficient (Wildman–Crippen LogP) is 1.96. The maximum atomic E-state index is 11.4. The van der Waals surface area contributed by atoms with Gasteiger partial charge in [-0.1, -0.05) is 32.1 Å². The highest BCUT2D eigenvalue weighted by Crippen LogP contribution is 2.11. The molecule has 0 amide bonds. The molecule has 0 spiro atoms. The Hall–Kier alpha value is -1.58. The SMILES string of the molecule is CC(C)C(=O)OCOC(=O)C1=CCCC=C1. The Morgan fingerprint density at radius 3 is 2.62 bits per heavy atom. The van der Waals surface area contributed by atoms with Crippen LogP contribution in [-0.2, 0) is 19.1 Å². The van der Waals surface area contributed by atoms with E-state index in [1.165, 1.54) is 0 Å². The molecule has 0 N–H and O–H groups in total. The second kappa shape index (κ2) is 6.10. The molecule has 0 radical (unpaired) electrons. The van der Waals surface area contributed by atoms with Crippen LogP contribution in [-0.4, -0.2) is 18.7 Å². The average Bonchev–Trinajstić information content (AvgIpc) is 2.29. The van der Waals surface area contributed by atoms with Gasteiger partial charge in [0.2, 0.25) is 6.79 Å². The van der Waals surface area contributed by atoms with E-state index in [0.29, 0.717) is 5.57 Å². The molecular weight excluding hydrogens is 208 g/mol. The van der Waals surface area contributed by atoms with E-state index in [4.69, 9.17) is 9.47 Å². The maximum absolute atomic E-state index is 11.4. The molecular formula is C12H16O4. The van der Waals surface area contributed by atoms with Gasteiger partial charge in [0, 0.05) is 0 Å². The van der Waals surface area contributed by atoms with Crippen molar-refractivity contribution in [1.29, 1.82) is 0 Å². The van der Waals surface area contributed by atoms with Gasteiger partial charge in [0.1, 0.15) is 0 Å². The molecule has 0 aliphatic heterocycles. The Balaban J connectivity index is 2.28. The van der Waals surface area contributed by atoms with Crippen LogP contribution in [0.5, 0.6) is 0 Å². The van der Waals surface area contributed by atoms with Crippen LogP contribution in [0.3, 0.4) is 0 Å². The van der Waals surface area contributed by atoms with Gasteiger partial charge >= 0.3 is 11.9 Å². The molecule has 4 heteroatoms. The van der Waals surface area contributed by atoms with Crippen molar-refractivity contribution >= 4 is 11.9 Å². The molecule has 0 aromatic heterocycles. The number of ether oxygens (including phenoxy) is 2. The van der Waals surface area contributed by atoms with E-state index in [0.717, 1.165) is 12.8 Å². The lowest BCUT2D eigenvalue weighted by atomic mass is 10.1. The highest BCUT2D eigenvalue weighted by Gasteiger charge is 2.12. The van der Waals surface area contributed by atoms with Crippen molar-refractivity contribution in [2.75, 3.05) is 6.79 Å². The fourth-order valence-corrected chi connectivity index (χ4v) is 1.16. The lowest BCUT2D eigenvalue weighted by molar-refractivity contribution is -0.166. The van der Waals surface area contributed by atoms with Crippen LogP contribution in [0.15, 0.2) is 23.8 Å². The molecule has 88 valence electrons. The molecule has 0 unspecified atom stereocenters. The summed E-state index contributed by atoms with van der Waals surface area (Å²) >= 11 is 0. The summed E-state index contributed by atoms with van der Waals surface area (Å²) in [6.07, 6.45) is 7.23. The van der Waals surface area contributed by atoms with Crippen molar-refractivity contribution in [1.82, 2.24) is 0 Å². The normalized spacial score (nSPS) is 14.6. The van der Waals surface area contributed by atoms with Gasteiger partial charge in [-0.05, 0) is 12.8 Å². The zero-order valence-electron chi connectivity index (χ0n) is 9.56. The first-order valence-corrected chi connectivity index (χ1v) is 5.31. The van der Waals surface area contributed by atoms with Crippen LogP contribution in [0.4, 0.5) is 0 Å². The third-order valence-corrected chi connectivity index (χ3v) is 2.09. The zero-order valence-corrected chi connectivity index (χ0v) is 9.56. The highest BCUT2D eigenvalue weighted by atomic mass is 16.7. The van der Waals surface area contributed by atoms with Crippen LogP contribution in [0.1, 0.15) is 26.7 Å². The molecule has 0 aromatic rings. The minimum absolute atomic E-state index is 0.215. The highest BCUT2D eigenvalue weighted by molar-refractivity contribution is 5.91. The number of hydrogen-bond donors (Lipinski definition) is 0.